The Hall–Kier alpha value is -4.12. The number of nitrogens with zero attached hydrogens (tertiary/aromatic N) is 1. The van der Waals surface area contributed by atoms with Gasteiger partial charge in [-0.15, -0.1) is 0 Å². The van der Waals surface area contributed by atoms with E-state index in [1.54, 1.807) is 4.90 Å². The number of nitrogens with one attached hydrogen (secondary N) is 1. The number of allylic oxidation sites excluding steroid dienone is 1. The first-order chi connectivity index (χ1) is 16.4. The molecule has 5 heteroatoms. The molecule has 0 radical (unpaired) electrons. The Kier molecular flexibility index (Phi) is 4.49. The lowest BCUT2D eigenvalue weighted by Gasteiger charge is -2.37. The van der Waals surface area contributed by atoms with Crippen molar-refractivity contribution in [3.8, 4) is 11.1 Å². The third kappa shape index (κ3) is 2.93. The van der Waals surface area contributed by atoms with Gasteiger partial charge in [0.25, 0.3) is 5.91 Å². The van der Waals surface area contributed by atoms with Crippen molar-refractivity contribution in [2.45, 2.75) is 32.4 Å². The number of aromatic amines is 1. The highest BCUT2D eigenvalue weighted by Crippen LogP contribution is 2.45. The first-order valence-electron chi connectivity index (χ1n) is 11.5. The standard InChI is InChI=1S/C29H24N2O3/c1-16-7-9-18(10-8-16)19-11-13-20(14-12-19)27-26-22(21-5-3-4-6-23(21)30-26)15-24-28(33)25(17(2)32)29(34)31(24)27/h3-14,24,27,30,32H,15H2,1-2H3/b25-17-/t24-,27+/m0/s1. The van der Waals surface area contributed by atoms with E-state index in [0.717, 1.165) is 38.9 Å². The Bertz CT molecular complexity index is 1490. The molecule has 34 heavy (non-hydrogen) atoms. The molecule has 2 aliphatic heterocycles. The van der Waals surface area contributed by atoms with Gasteiger partial charge in [-0.25, -0.2) is 0 Å². The van der Waals surface area contributed by atoms with Crippen molar-refractivity contribution in [3.05, 3.63) is 107 Å². The molecule has 6 rings (SSSR count). The molecule has 168 valence electrons. The number of carbonyl (C=O) groups is 2. The van der Waals surface area contributed by atoms with Crippen LogP contribution in [0.4, 0.5) is 0 Å². The first-order valence-corrected chi connectivity index (χ1v) is 11.5. The van der Waals surface area contributed by atoms with Crippen LogP contribution in [-0.4, -0.2) is 32.7 Å². The minimum atomic E-state index is -0.627. The number of H-pyrrole nitrogens is 1. The zero-order chi connectivity index (χ0) is 23.6. The Morgan fingerprint density at radius 2 is 1.59 bits per heavy atom. The van der Waals surface area contributed by atoms with Crippen LogP contribution in [0.5, 0.6) is 0 Å². The molecule has 2 aliphatic rings. The molecule has 0 saturated carbocycles. The average molecular weight is 449 g/mol. The van der Waals surface area contributed by atoms with Gasteiger partial charge in [-0.2, -0.15) is 0 Å². The number of ketones is 1. The Morgan fingerprint density at radius 1 is 0.941 bits per heavy atom. The van der Waals surface area contributed by atoms with E-state index < -0.39 is 18.0 Å². The van der Waals surface area contributed by atoms with Gasteiger partial charge in [0.15, 0.2) is 5.78 Å². The summed E-state index contributed by atoms with van der Waals surface area (Å²) in [4.78, 5) is 31.8. The monoisotopic (exact) mass is 448 g/mol. The molecule has 2 N–H and O–H groups in total. The number of fused-ring (bicyclic) bond motifs is 4. The fraction of sp³-hybridized carbons (Fsp3) is 0.172. The molecule has 4 aromatic rings. The summed E-state index contributed by atoms with van der Waals surface area (Å²) < 4.78 is 0. The van der Waals surface area contributed by atoms with Crippen molar-refractivity contribution in [1.82, 2.24) is 9.88 Å². The van der Waals surface area contributed by atoms with Gasteiger partial charge >= 0.3 is 0 Å². The fourth-order valence-electron chi connectivity index (χ4n) is 5.43. The summed E-state index contributed by atoms with van der Waals surface area (Å²) in [6.45, 7) is 3.47. The number of aromatic nitrogens is 1. The van der Waals surface area contributed by atoms with Gasteiger partial charge in [0, 0.05) is 23.0 Å². The topological polar surface area (TPSA) is 73.4 Å². The van der Waals surface area contributed by atoms with Crippen LogP contribution in [0, 0.1) is 6.92 Å². The molecule has 0 spiro atoms. The molecule has 2 atom stereocenters. The highest BCUT2D eigenvalue weighted by atomic mass is 16.3. The van der Waals surface area contributed by atoms with Crippen molar-refractivity contribution in [2.24, 2.45) is 0 Å². The van der Waals surface area contributed by atoms with Gasteiger partial charge in [-0.1, -0.05) is 72.3 Å². The summed E-state index contributed by atoms with van der Waals surface area (Å²) in [6.07, 6.45) is 0.429. The lowest BCUT2D eigenvalue weighted by Crippen LogP contribution is -2.44. The lowest BCUT2D eigenvalue weighted by atomic mass is 9.88. The molecular weight excluding hydrogens is 424 g/mol. The average Bonchev–Trinajstić information content (AvgIpc) is 3.33. The second-order valence-corrected chi connectivity index (χ2v) is 9.21. The first kappa shape index (κ1) is 20.5. The van der Waals surface area contributed by atoms with E-state index in [4.69, 9.17) is 0 Å². The number of aryl methyl sites for hydroxylation is 1. The largest absolute Gasteiger partial charge is 0.512 e. The minimum absolute atomic E-state index is 0.0965. The van der Waals surface area contributed by atoms with Crippen LogP contribution in [0.1, 0.15) is 35.3 Å². The number of aliphatic hydroxyl groups excluding tert-OH is 1. The number of hydrogen-bond donors (Lipinski definition) is 2. The molecule has 5 nitrogen and oxygen atoms in total. The van der Waals surface area contributed by atoms with E-state index in [1.165, 1.54) is 12.5 Å². The molecule has 0 aliphatic carbocycles. The molecule has 1 amide bonds. The fourth-order valence-corrected chi connectivity index (χ4v) is 5.43. The Labute approximate surface area is 197 Å². The van der Waals surface area contributed by atoms with Gasteiger partial charge in [-0.05, 0) is 42.2 Å². The number of aliphatic hydroxyl groups is 1. The maximum Gasteiger partial charge on any atom is 0.262 e. The maximum atomic E-state index is 13.4. The van der Waals surface area contributed by atoms with Crippen molar-refractivity contribution in [3.63, 3.8) is 0 Å². The van der Waals surface area contributed by atoms with Crippen molar-refractivity contribution < 1.29 is 14.7 Å². The highest BCUT2D eigenvalue weighted by Gasteiger charge is 2.52. The quantitative estimate of drug-likeness (QED) is 0.245. The summed E-state index contributed by atoms with van der Waals surface area (Å²) >= 11 is 0. The van der Waals surface area contributed by atoms with Gasteiger partial charge in [-0.3, -0.25) is 9.59 Å². The summed E-state index contributed by atoms with van der Waals surface area (Å²) in [6, 6.07) is 23.5. The Morgan fingerprint density at radius 3 is 2.26 bits per heavy atom. The molecule has 1 saturated heterocycles. The van der Waals surface area contributed by atoms with Gasteiger partial charge < -0.3 is 15.0 Å². The number of benzene rings is 3. The predicted molar refractivity (Wildman–Crippen MR) is 131 cm³/mol. The Balaban J connectivity index is 1.51. The van der Waals surface area contributed by atoms with Gasteiger partial charge in [0.05, 0.1) is 6.04 Å². The van der Waals surface area contributed by atoms with Crippen LogP contribution in [0.15, 0.2) is 84.1 Å². The zero-order valence-corrected chi connectivity index (χ0v) is 19.0. The number of amides is 1. The maximum absolute atomic E-state index is 13.4. The van der Waals surface area contributed by atoms with Gasteiger partial charge in [0.2, 0.25) is 0 Å². The summed E-state index contributed by atoms with van der Waals surface area (Å²) in [5, 5.41) is 11.2. The summed E-state index contributed by atoms with van der Waals surface area (Å²) in [5.41, 5.74) is 7.22. The molecule has 3 aromatic carbocycles. The third-order valence-corrected chi connectivity index (χ3v) is 7.10. The number of carbonyl (C=O) groups excluding carboxylic acids is 2. The summed E-state index contributed by atoms with van der Waals surface area (Å²) in [7, 11) is 0. The predicted octanol–water partition coefficient (Wildman–Crippen LogP) is 5.40. The smallest absolute Gasteiger partial charge is 0.262 e. The number of hydrogen-bond acceptors (Lipinski definition) is 3. The molecule has 0 bridgehead atoms. The van der Waals surface area contributed by atoms with Crippen LogP contribution in [0.25, 0.3) is 22.0 Å². The van der Waals surface area contributed by atoms with Crippen molar-refractivity contribution in [2.75, 3.05) is 0 Å². The van der Waals surface area contributed by atoms with Crippen LogP contribution in [-0.2, 0) is 16.0 Å². The van der Waals surface area contributed by atoms with Crippen molar-refractivity contribution in [1.29, 1.82) is 0 Å². The van der Waals surface area contributed by atoms with E-state index in [-0.39, 0.29) is 17.1 Å². The normalized spacial score (nSPS) is 21.1. The molecule has 1 aromatic heterocycles. The summed E-state index contributed by atoms with van der Waals surface area (Å²) in [5.74, 6) is -0.930. The number of para-hydroxylation sites is 1. The molecule has 0 unspecified atom stereocenters. The molecule has 3 heterocycles. The zero-order valence-electron chi connectivity index (χ0n) is 19.0. The van der Waals surface area contributed by atoms with E-state index in [1.807, 2.05) is 36.4 Å². The van der Waals surface area contributed by atoms with Crippen LogP contribution < -0.4 is 0 Å². The number of rotatable bonds is 2. The van der Waals surface area contributed by atoms with E-state index in [9.17, 15) is 14.7 Å². The van der Waals surface area contributed by atoms with E-state index in [0.29, 0.717) is 6.42 Å². The van der Waals surface area contributed by atoms with Crippen LogP contribution in [0.2, 0.25) is 0 Å². The van der Waals surface area contributed by atoms with E-state index >= 15 is 0 Å². The highest BCUT2D eigenvalue weighted by molar-refractivity contribution is 6.27. The van der Waals surface area contributed by atoms with Gasteiger partial charge in [0.1, 0.15) is 17.4 Å². The van der Waals surface area contributed by atoms with Crippen molar-refractivity contribution >= 4 is 22.6 Å². The SMILES string of the molecule is C/C(O)=C1\C(=O)[C@@H]2Cc3c([nH]c4ccccc34)[C@@H](c3ccc(-c4ccc(C)cc4)cc3)N2C1=O. The second-order valence-electron chi connectivity index (χ2n) is 9.21. The molecule has 1 fully saturated rings. The molecular formula is C29H24N2O3. The third-order valence-electron chi connectivity index (χ3n) is 7.10. The lowest BCUT2D eigenvalue weighted by molar-refractivity contribution is -0.129. The van der Waals surface area contributed by atoms with E-state index in [2.05, 4.69) is 48.3 Å². The number of Topliss-reactive ketones (excluding diaryl/α,β-unsaturated/α-hetero) is 1. The second kappa shape index (κ2) is 7.45. The van der Waals surface area contributed by atoms with Crippen LogP contribution in [0.3, 0.4) is 0 Å². The van der Waals surface area contributed by atoms with Crippen LogP contribution >= 0.6 is 0 Å². The minimum Gasteiger partial charge on any atom is -0.512 e.